The third-order valence-electron chi connectivity index (χ3n) is 6.82. The number of ether oxygens (including phenoxy) is 2. The third kappa shape index (κ3) is 11.9. The molecule has 0 saturated carbocycles. The van der Waals surface area contributed by atoms with Crippen molar-refractivity contribution in [1.82, 2.24) is 4.98 Å². The number of carbonyl (C=O) groups excluding carboxylic acids is 1. The van der Waals surface area contributed by atoms with E-state index in [1.165, 1.54) is 0 Å². The molecule has 0 fully saturated rings. The molecule has 0 unspecified atom stereocenters. The van der Waals surface area contributed by atoms with E-state index in [0.717, 1.165) is 15.4 Å². The molecule has 2 N–H and O–H groups in total. The molecule has 0 radical (unpaired) electrons. The molecular weight excluding hydrogens is 588 g/mol. The lowest BCUT2D eigenvalue weighted by atomic mass is 9.93. The molecular formula is C33H45ClN2O6S. The van der Waals surface area contributed by atoms with Gasteiger partial charge in [-0.2, -0.15) is 0 Å². The fourth-order valence-corrected chi connectivity index (χ4v) is 5.68. The van der Waals surface area contributed by atoms with Gasteiger partial charge in [-0.25, -0.2) is 4.98 Å². The van der Waals surface area contributed by atoms with Crippen LogP contribution in [0, 0.1) is 12.3 Å². The Labute approximate surface area is 264 Å². The van der Waals surface area contributed by atoms with Gasteiger partial charge in [-0.05, 0) is 75.8 Å². The minimum atomic E-state index is -0.802. The van der Waals surface area contributed by atoms with Gasteiger partial charge in [-0.1, -0.05) is 44.2 Å². The second kappa shape index (κ2) is 18.0. The van der Waals surface area contributed by atoms with E-state index in [0.29, 0.717) is 54.1 Å². The van der Waals surface area contributed by atoms with Gasteiger partial charge in [-0.15, -0.1) is 11.3 Å². The molecule has 0 spiro atoms. The van der Waals surface area contributed by atoms with Crippen LogP contribution in [0.2, 0.25) is 5.02 Å². The van der Waals surface area contributed by atoms with Crippen molar-refractivity contribution in [2.24, 2.45) is 5.41 Å². The van der Waals surface area contributed by atoms with Crippen LogP contribution in [-0.4, -0.2) is 60.0 Å². The molecule has 8 nitrogen and oxygen atoms in total. The number of allylic oxidation sites excluding steroid dienone is 2. The van der Waals surface area contributed by atoms with Crippen LogP contribution in [0.1, 0.15) is 61.9 Å². The molecule has 0 saturated heterocycles. The lowest BCUT2D eigenvalue weighted by Crippen LogP contribution is -2.46. The summed E-state index contributed by atoms with van der Waals surface area (Å²) in [5.41, 5.74) is 1.70. The summed E-state index contributed by atoms with van der Waals surface area (Å²) in [6.45, 7) is 11.8. The monoisotopic (exact) mass is 632 g/mol. The maximum atomic E-state index is 14.3. The SMILES string of the molecule is C=C/C(CO[C@H](CCCc1ncc(CCCC(=O)O)s1)C(=O)N(CC(C)(C)CO)c1ccc(Cl)cc1C)=C(\C=C/C)OC. The molecule has 1 heterocycles. The van der Waals surface area contributed by atoms with Crippen LogP contribution in [0.4, 0.5) is 5.69 Å². The van der Waals surface area contributed by atoms with Crippen molar-refractivity contribution in [3.05, 3.63) is 81.0 Å². The van der Waals surface area contributed by atoms with Gasteiger partial charge in [0.15, 0.2) is 0 Å². The quantitative estimate of drug-likeness (QED) is 0.128. The highest BCUT2D eigenvalue weighted by Crippen LogP contribution is 2.29. The number of aliphatic hydroxyl groups excluding tert-OH is 1. The van der Waals surface area contributed by atoms with Crippen molar-refractivity contribution in [2.45, 2.75) is 72.3 Å². The first kappa shape index (κ1) is 36.2. The molecule has 236 valence electrons. The minimum absolute atomic E-state index is 0.0995. The predicted molar refractivity (Wildman–Crippen MR) is 174 cm³/mol. The number of carboxylic acids is 1. The van der Waals surface area contributed by atoms with Gasteiger partial charge in [0, 0.05) is 52.3 Å². The normalized spacial score (nSPS) is 13.1. The topological polar surface area (TPSA) is 109 Å². The van der Waals surface area contributed by atoms with E-state index in [4.69, 9.17) is 26.2 Å². The molecule has 2 rings (SSSR count). The summed E-state index contributed by atoms with van der Waals surface area (Å²) in [7, 11) is 1.58. The first-order valence-corrected chi connectivity index (χ1v) is 15.6. The van der Waals surface area contributed by atoms with Crippen LogP contribution in [0.15, 0.2) is 60.5 Å². The lowest BCUT2D eigenvalue weighted by molar-refractivity contribution is -0.137. The Balaban J connectivity index is 2.34. The van der Waals surface area contributed by atoms with Crippen molar-refractivity contribution in [3.8, 4) is 0 Å². The molecule has 0 aliphatic carbocycles. The number of benzene rings is 1. The molecule has 1 amide bonds. The number of carboxylic acid groups (broad SMARTS) is 1. The van der Waals surface area contributed by atoms with Crippen molar-refractivity contribution >= 4 is 40.5 Å². The van der Waals surface area contributed by atoms with E-state index in [1.807, 2.05) is 52.0 Å². The smallest absolute Gasteiger partial charge is 0.303 e. The first-order chi connectivity index (χ1) is 20.4. The number of aromatic nitrogens is 1. The second-order valence-corrected chi connectivity index (χ2v) is 12.8. The molecule has 0 aliphatic rings. The van der Waals surface area contributed by atoms with Gasteiger partial charge < -0.3 is 24.6 Å². The molecule has 43 heavy (non-hydrogen) atoms. The first-order valence-electron chi connectivity index (χ1n) is 14.4. The molecule has 0 aliphatic heterocycles. The summed E-state index contributed by atoms with van der Waals surface area (Å²) in [4.78, 5) is 32.4. The number of aliphatic carboxylic acids is 1. The number of hydrogen-bond acceptors (Lipinski definition) is 7. The van der Waals surface area contributed by atoms with Crippen molar-refractivity contribution in [1.29, 1.82) is 0 Å². The highest BCUT2D eigenvalue weighted by Gasteiger charge is 2.32. The van der Waals surface area contributed by atoms with Gasteiger partial charge in [-0.3, -0.25) is 9.59 Å². The van der Waals surface area contributed by atoms with Crippen LogP contribution in [0.3, 0.4) is 0 Å². The summed E-state index contributed by atoms with van der Waals surface area (Å²) in [6.07, 6.45) is 9.47. The Morgan fingerprint density at radius 2 is 2.00 bits per heavy atom. The second-order valence-electron chi connectivity index (χ2n) is 11.1. The number of methoxy groups -OCH3 is 1. The molecule has 2 aromatic rings. The van der Waals surface area contributed by atoms with Gasteiger partial charge >= 0.3 is 5.97 Å². The summed E-state index contributed by atoms with van der Waals surface area (Å²) in [5.74, 6) is -0.411. The van der Waals surface area contributed by atoms with E-state index in [1.54, 1.807) is 41.7 Å². The fourth-order valence-electron chi connectivity index (χ4n) is 4.44. The average Bonchev–Trinajstić information content (AvgIpc) is 3.41. The Hall–Kier alpha value is -2.98. The Kier molecular flexibility index (Phi) is 15.1. The molecule has 10 heteroatoms. The van der Waals surface area contributed by atoms with E-state index < -0.39 is 17.5 Å². The molecule has 1 atom stereocenters. The van der Waals surface area contributed by atoms with Crippen LogP contribution < -0.4 is 4.90 Å². The number of thiazole rings is 1. The highest BCUT2D eigenvalue weighted by atomic mass is 35.5. The number of hydrogen-bond donors (Lipinski definition) is 2. The zero-order valence-corrected chi connectivity index (χ0v) is 27.5. The van der Waals surface area contributed by atoms with Crippen LogP contribution in [0.25, 0.3) is 0 Å². The Morgan fingerprint density at radius 3 is 2.60 bits per heavy atom. The van der Waals surface area contributed by atoms with Gasteiger partial charge in [0.2, 0.25) is 0 Å². The number of carbonyl (C=O) groups is 2. The number of amides is 1. The summed E-state index contributed by atoms with van der Waals surface area (Å²) < 4.78 is 11.8. The molecule has 1 aromatic carbocycles. The summed E-state index contributed by atoms with van der Waals surface area (Å²) in [6, 6.07) is 5.39. The fraction of sp³-hybridized carbons (Fsp3) is 0.485. The third-order valence-corrected chi connectivity index (χ3v) is 8.17. The number of aryl methyl sites for hydroxylation is 3. The van der Waals surface area contributed by atoms with Crippen molar-refractivity contribution in [3.63, 3.8) is 0 Å². The maximum absolute atomic E-state index is 14.3. The van der Waals surface area contributed by atoms with E-state index in [-0.39, 0.29) is 32.1 Å². The molecule has 0 bridgehead atoms. The van der Waals surface area contributed by atoms with Crippen LogP contribution in [0.5, 0.6) is 0 Å². The highest BCUT2D eigenvalue weighted by molar-refractivity contribution is 7.11. The number of anilines is 1. The van der Waals surface area contributed by atoms with Crippen LogP contribution >= 0.6 is 22.9 Å². The van der Waals surface area contributed by atoms with Gasteiger partial charge in [0.1, 0.15) is 11.9 Å². The zero-order valence-electron chi connectivity index (χ0n) is 25.9. The molecule has 1 aromatic heterocycles. The van der Waals surface area contributed by atoms with E-state index >= 15 is 0 Å². The number of aliphatic hydroxyl groups is 1. The van der Waals surface area contributed by atoms with Gasteiger partial charge in [0.25, 0.3) is 5.91 Å². The summed E-state index contributed by atoms with van der Waals surface area (Å²) in [5, 5.41) is 20.5. The summed E-state index contributed by atoms with van der Waals surface area (Å²) >= 11 is 7.80. The zero-order chi connectivity index (χ0) is 32.0. The predicted octanol–water partition coefficient (Wildman–Crippen LogP) is 6.93. The number of halogens is 1. The maximum Gasteiger partial charge on any atom is 0.303 e. The minimum Gasteiger partial charge on any atom is -0.496 e. The van der Waals surface area contributed by atoms with Crippen LogP contribution in [-0.2, 0) is 31.9 Å². The number of nitrogens with zero attached hydrogens (tertiary/aromatic N) is 2. The lowest BCUT2D eigenvalue weighted by Gasteiger charge is -2.34. The Bertz CT molecular complexity index is 1290. The van der Waals surface area contributed by atoms with Crippen molar-refractivity contribution in [2.75, 3.05) is 31.8 Å². The van der Waals surface area contributed by atoms with E-state index in [9.17, 15) is 14.7 Å². The standard InChI is InChI=1S/C33H45ClN2O6S/c1-7-11-28(41-6)24(8-2)20-42-29(13-10-14-30-35-19-26(43-30)12-9-15-31(38)39)32(40)36(21-33(4,5)22-37)27-17-16-25(34)18-23(27)3/h7-8,11,16-19,29,37H,2,9-10,12-15,20-22H2,1,3-6H3,(H,38,39)/b11-7-,28-24-/t29-/m1/s1. The largest absolute Gasteiger partial charge is 0.496 e. The van der Waals surface area contributed by atoms with Gasteiger partial charge in [0.05, 0.1) is 18.7 Å². The average molecular weight is 633 g/mol. The van der Waals surface area contributed by atoms with E-state index in [2.05, 4.69) is 11.6 Å². The van der Waals surface area contributed by atoms with Crippen molar-refractivity contribution < 1.29 is 29.3 Å². The number of rotatable bonds is 19. The Morgan fingerprint density at radius 1 is 1.26 bits per heavy atom.